The minimum Gasteiger partial charge on any atom is -0.271 e. The summed E-state index contributed by atoms with van der Waals surface area (Å²) in [5.41, 5.74) is 3.90. The summed E-state index contributed by atoms with van der Waals surface area (Å²) in [6.45, 7) is 0. The van der Waals surface area contributed by atoms with E-state index in [9.17, 15) is 4.39 Å². The molecular weight excluding hydrogens is 315 g/mol. The highest BCUT2D eigenvalue weighted by atomic mass is 79.9. The smallest absolute Gasteiger partial charge is 0.123 e. The maximum absolute atomic E-state index is 12.8. The van der Waals surface area contributed by atoms with Gasteiger partial charge in [-0.3, -0.25) is 11.3 Å². The predicted octanol–water partition coefficient (Wildman–Crippen LogP) is 3.27. The van der Waals surface area contributed by atoms with Crippen molar-refractivity contribution in [3.05, 3.63) is 56.4 Å². The lowest BCUT2D eigenvalue weighted by atomic mass is 10.0. The second-order valence-electron chi connectivity index (χ2n) is 4.13. The van der Waals surface area contributed by atoms with E-state index in [1.807, 2.05) is 0 Å². The summed E-state index contributed by atoms with van der Waals surface area (Å²) in [6, 6.07) is 8.80. The van der Waals surface area contributed by atoms with E-state index < -0.39 is 0 Å². The van der Waals surface area contributed by atoms with Crippen LogP contribution in [0.4, 0.5) is 4.39 Å². The minimum absolute atomic E-state index is 0.154. The predicted molar refractivity (Wildman–Crippen MR) is 76.9 cm³/mol. The Labute approximate surface area is 118 Å². The molecule has 1 atom stereocenters. The molecule has 0 amide bonds. The van der Waals surface area contributed by atoms with E-state index in [4.69, 9.17) is 5.84 Å². The van der Waals surface area contributed by atoms with Crippen molar-refractivity contribution >= 4 is 27.3 Å². The van der Waals surface area contributed by atoms with E-state index >= 15 is 0 Å². The molecule has 0 radical (unpaired) electrons. The molecule has 1 aromatic carbocycles. The Kier molecular flexibility index (Phi) is 4.88. The zero-order valence-corrected chi connectivity index (χ0v) is 12.1. The second-order valence-corrected chi connectivity index (χ2v) is 6.04. The maximum Gasteiger partial charge on any atom is 0.123 e. The van der Waals surface area contributed by atoms with Crippen LogP contribution in [-0.4, -0.2) is 6.04 Å². The molecule has 2 rings (SSSR count). The highest BCUT2D eigenvalue weighted by molar-refractivity contribution is 9.10. The molecule has 0 saturated carbocycles. The topological polar surface area (TPSA) is 38.0 Å². The molecule has 1 unspecified atom stereocenters. The first kappa shape index (κ1) is 13.7. The molecule has 2 aromatic rings. The molecule has 2 nitrogen and oxygen atoms in total. The summed E-state index contributed by atoms with van der Waals surface area (Å²) >= 11 is 5.14. The molecule has 0 saturated heterocycles. The van der Waals surface area contributed by atoms with Crippen molar-refractivity contribution < 1.29 is 4.39 Å². The van der Waals surface area contributed by atoms with Crippen LogP contribution in [0.15, 0.2) is 40.2 Å². The molecule has 18 heavy (non-hydrogen) atoms. The van der Waals surface area contributed by atoms with Gasteiger partial charge in [-0.1, -0.05) is 12.1 Å². The third kappa shape index (κ3) is 3.88. The first-order chi connectivity index (χ1) is 8.67. The lowest BCUT2D eigenvalue weighted by molar-refractivity contribution is 0.525. The average Bonchev–Trinajstić information content (AvgIpc) is 2.77. The van der Waals surface area contributed by atoms with Gasteiger partial charge in [0.15, 0.2) is 0 Å². The lowest BCUT2D eigenvalue weighted by Gasteiger charge is -2.14. The van der Waals surface area contributed by atoms with Crippen LogP contribution >= 0.6 is 27.3 Å². The van der Waals surface area contributed by atoms with Crippen molar-refractivity contribution in [2.45, 2.75) is 18.9 Å². The zero-order valence-electron chi connectivity index (χ0n) is 9.70. The van der Waals surface area contributed by atoms with Gasteiger partial charge in [0.2, 0.25) is 0 Å². The van der Waals surface area contributed by atoms with Gasteiger partial charge < -0.3 is 0 Å². The van der Waals surface area contributed by atoms with E-state index in [0.717, 1.165) is 22.9 Å². The van der Waals surface area contributed by atoms with E-state index in [0.29, 0.717) is 0 Å². The van der Waals surface area contributed by atoms with Crippen molar-refractivity contribution in [2.75, 3.05) is 0 Å². The van der Waals surface area contributed by atoms with Crippen molar-refractivity contribution in [1.82, 2.24) is 5.43 Å². The Morgan fingerprint density at radius 2 is 2.00 bits per heavy atom. The number of nitrogens with one attached hydrogen (secondary N) is 1. The SMILES string of the molecule is NNC(Cc1ccc(F)cc1)Cc1cc(Br)cs1. The summed E-state index contributed by atoms with van der Waals surface area (Å²) in [5.74, 6) is 5.36. The number of rotatable bonds is 5. The molecule has 1 aromatic heterocycles. The van der Waals surface area contributed by atoms with E-state index in [1.54, 1.807) is 23.5 Å². The fourth-order valence-electron chi connectivity index (χ4n) is 1.80. The zero-order chi connectivity index (χ0) is 13.0. The van der Waals surface area contributed by atoms with Gasteiger partial charge in [-0.2, -0.15) is 0 Å². The molecule has 1 heterocycles. The molecule has 5 heteroatoms. The third-order valence-corrected chi connectivity index (χ3v) is 4.42. The fraction of sp³-hybridized carbons (Fsp3) is 0.231. The van der Waals surface area contributed by atoms with E-state index in [2.05, 4.69) is 32.8 Å². The van der Waals surface area contributed by atoms with Gasteiger partial charge in [0, 0.05) is 20.8 Å². The molecule has 3 N–H and O–H groups in total. The normalized spacial score (nSPS) is 12.6. The number of benzene rings is 1. The van der Waals surface area contributed by atoms with Crippen LogP contribution in [0.3, 0.4) is 0 Å². The molecule has 0 bridgehead atoms. The highest BCUT2D eigenvalue weighted by Crippen LogP contribution is 2.21. The standard InChI is InChI=1S/C13H14BrFN2S/c14-10-6-13(18-8-10)7-12(17-16)5-9-1-3-11(15)4-2-9/h1-4,6,8,12,17H,5,7,16H2. The fourth-order valence-corrected chi connectivity index (χ4v) is 3.33. The number of halogens is 2. The van der Waals surface area contributed by atoms with E-state index in [-0.39, 0.29) is 11.9 Å². The number of hydrazine groups is 1. The molecule has 0 fully saturated rings. The van der Waals surface area contributed by atoms with Crippen molar-refractivity contribution in [3.8, 4) is 0 Å². The van der Waals surface area contributed by atoms with Crippen LogP contribution in [0.2, 0.25) is 0 Å². The average molecular weight is 329 g/mol. The van der Waals surface area contributed by atoms with Crippen molar-refractivity contribution in [1.29, 1.82) is 0 Å². The largest absolute Gasteiger partial charge is 0.271 e. The van der Waals surface area contributed by atoms with E-state index in [1.165, 1.54) is 17.0 Å². The third-order valence-electron chi connectivity index (χ3n) is 2.70. The van der Waals surface area contributed by atoms with Gasteiger partial charge >= 0.3 is 0 Å². The molecule has 0 aliphatic rings. The van der Waals surface area contributed by atoms with Gasteiger partial charge in [0.25, 0.3) is 0 Å². The summed E-state index contributed by atoms with van der Waals surface area (Å²) in [7, 11) is 0. The second kappa shape index (κ2) is 6.43. The van der Waals surface area contributed by atoms with Gasteiger partial charge in [-0.25, -0.2) is 4.39 Å². The quantitative estimate of drug-likeness (QED) is 0.653. The Morgan fingerprint density at radius 3 is 2.56 bits per heavy atom. The summed E-state index contributed by atoms with van der Waals surface area (Å²) in [6.07, 6.45) is 1.65. The number of hydrogen-bond acceptors (Lipinski definition) is 3. The van der Waals surface area contributed by atoms with Crippen LogP contribution in [0, 0.1) is 5.82 Å². The lowest BCUT2D eigenvalue weighted by Crippen LogP contribution is -2.38. The van der Waals surface area contributed by atoms with Crippen LogP contribution in [-0.2, 0) is 12.8 Å². The van der Waals surface area contributed by atoms with Crippen LogP contribution < -0.4 is 11.3 Å². The molecule has 0 spiro atoms. The number of thiophene rings is 1. The number of nitrogens with two attached hydrogens (primary N) is 1. The molecule has 96 valence electrons. The summed E-state index contributed by atoms with van der Waals surface area (Å²) < 4.78 is 13.9. The van der Waals surface area contributed by atoms with Crippen molar-refractivity contribution in [3.63, 3.8) is 0 Å². The van der Waals surface area contributed by atoms with Gasteiger partial charge in [0.1, 0.15) is 5.82 Å². The van der Waals surface area contributed by atoms with Gasteiger partial charge in [-0.15, -0.1) is 11.3 Å². The molecular formula is C13H14BrFN2S. The highest BCUT2D eigenvalue weighted by Gasteiger charge is 2.10. The number of hydrogen-bond donors (Lipinski definition) is 2. The Hall–Kier alpha value is -0.750. The summed E-state index contributed by atoms with van der Waals surface area (Å²) in [5, 5.41) is 2.06. The maximum atomic E-state index is 12.8. The van der Waals surface area contributed by atoms with Gasteiger partial charge in [0.05, 0.1) is 0 Å². The minimum atomic E-state index is -0.210. The Balaban J connectivity index is 1.99. The first-order valence-corrected chi connectivity index (χ1v) is 7.28. The summed E-state index contributed by atoms with van der Waals surface area (Å²) in [4.78, 5) is 1.27. The molecule has 0 aliphatic heterocycles. The van der Waals surface area contributed by atoms with Crippen LogP contribution in [0.5, 0.6) is 0 Å². The van der Waals surface area contributed by atoms with Crippen molar-refractivity contribution in [2.24, 2.45) is 5.84 Å². The van der Waals surface area contributed by atoms with Crippen LogP contribution in [0.25, 0.3) is 0 Å². The Morgan fingerprint density at radius 1 is 1.28 bits per heavy atom. The first-order valence-electron chi connectivity index (χ1n) is 5.61. The monoisotopic (exact) mass is 328 g/mol. The van der Waals surface area contributed by atoms with Gasteiger partial charge in [-0.05, 0) is 52.5 Å². The van der Waals surface area contributed by atoms with Crippen LogP contribution in [0.1, 0.15) is 10.4 Å². The Bertz CT molecular complexity index is 498. The molecule has 0 aliphatic carbocycles.